The summed E-state index contributed by atoms with van der Waals surface area (Å²) in [4.78, 5) is 4.98. The van der Waals surface area contributed by atoms with Crippen molar-refractivity contribution in [3.8, 4) is 11.5 Å². The lowest BCUT2D eigenvalue weighted by Gasteiger charge is -2.41. The van der Waals surface area contributed by atoms with Crippen molar-refractivity contribution < 1.29 is 9.47 Å². The summed E-state index contributed by atoms with van der Waals surface area (Å²) in [6, 6.07) is 16.8. The van der Waals surface area contributed by atoms with E-state index >= 15 is 0 Å². The van der Waals surface area contributed by atoms with Crippen LogP contribution in [0.3, 0.4) is 0 Å². The summed E-state index contributed by atoms with van der Waals surface area (Å²) in [6.45, 7) is 9.19. The van der Waals surface area contributed by atoms with E-state index in [1.165, 1.54) is 5.69 Å². The Morgan fingerprint density at radius 1 is 0.909 bits per heavy atom. The van der Waals surface area contributed by atoms with Crippen LogP contribution in [-0.2, 0) is 13.0 Å². The van der Waals surface area contributed by atoms with Gasteiger partial charge in [-0.25, -0.2) is 4.68 Å². The maximum absolute atomic E-state index is 5.44. The molecular weight excluding hydrogens is 416 g/mol. The zero-order valence-electron chi connectivity index (χ0n) is 20.0. The molecule has 3 aromatic rings. The maximum atomic E-state index is 5.44. The highest BCUT2D eigenvalue weighted by Crippen LogP contribution is 2.30. The molecule has 0 radical (unpaired) electrons. The fraction of sp³-hybridized carbons (Fsp3) is 0.480. The van der Waals surface area contributed by atoms with Gasteiger partial charge in [0.2, 0.25) is 0 Å². The van der Waals surface area contributed by atoms with Crippen molar-refractivity contribution in [2.45, 2.75) is 32.9 Å². The number of hydrogen-bond donors (Lipinski definition) is 0. The first-order valence-corrected chi connectivity index (χ1v) is 11.6. The van der Waals surface area contributed by atoms with Crippen molar-refractivity contribution in [2.75, 3.05) is 45.3 Å². The van der Waals surface area contributed by atoms with E-state index in [-0.39, 0.29) is 6.04 Å². The molecule has 8 nitrogen and oxygen atoms in total. The number of rotatable bonds is 9. The number of ether oxygens (including phenoxy) is 2. The Bertz CT molecular complexity index is 1010. The molecule has 0 saturated carbocycles. The van der Waals surface area contributed by atoms with Crippen LogP contribution in [0.15, 0.2) is 48.5 Å². The van der Waals surface area contributed by atoms with Crippen LogP contribution >= 0.6 is 0 Å². The van der Waals surface area contributed by atoms with Crippen molar-refractivity contribution in [3.05, 3.63) is 59.9 Å². The summed E-state index contributed by atoms with van der Waals surface area (Å²) in [5.41, 5.74) is 2.45. The van der Waals surface area contributed by atoms with E-state index in [0.29, 0.717) is 12.5 Å². The van der Waals surface area contributed by atoms with Gasteiger partial charge in [0.25, 0.3) is 0 Å². The first-order valence-electron chi connectivity index (χ1n) is 11.6. The molecule has 0 aliphatic carbocycles. The number of benzene rings is 2. The van der Waals surface area contributed by atoms with E-state index < -0.39 is 0 Å². The average molecular weight is 451 g/mol. The van der Waals surface area contributed by atoms with Crippen LogP contribution in [0, 0.1) is 5.92 Å². The Kier molecular flexibility index (Phi) is 7.44. The molecule has 2 heterocycles. The molecule has 1 aromatic heterocycles. The van der Waals surface area contributed by atoms with Crippen molar-refractivity contribution >= 4 is 5.69 Å². The van der Waals surface area contributed by atoms with Crippen LogP contribution in [0.2, 0.25) is 0 Å². The third-order valence-corrected chi connectivity index (χ3v) is 6.34. The summed E-state index contributed by atoms with van der Waals surface area (Å²) in [6.07, 6.45) is 0.811. The topological polar surface area (TPSA) is 68.5 Å². The monoisotopic (exact) mass is 450 g/mol. The van der Waals surface area contributed by atoms with Crippen LogP contribution in [0.5, 0.6) is 11.5 Å². The van der Waals surface area contributed by atoms with Gasteiger partial charge in [0.05, 0.1) is 20.3 Å². The molecule has 0 spiro atoms. The fourth-order valence-electron chi connectivity index (χ4n) is 4.63. The molecule has 0 amide bonds. The van der Waals surface area contributed by atoms with Gasteiger partial charge in [0.15, 0.2) is 17.3 Å². The van der Waals surface area contributed by atoms with Gasteiger partial charge in [-0.1, -0.05) is 38.1 Å². The zero-order chi connectivity index (χ0) is 23.2. The summed E-state index contributed by atoms with van der Waals surface area (Å²) >= 11 is 0. The number of aryl methyl sites for hydroxylation is 2. The van der Waals surface area contributed by atoms with Gasteiger partial charge in [-0.15, -0.1) is 5.10 Å². The van der Waals surface area contributed by atoms with Gasteiger partial charge in [-0.05, 0) is 52.6 Å². The van der Waals surface area contributed by atoms with Gasteiger partial charge in [0.1, 0.15) is 0 Å². The molecule has 2 aromatic carbocycles. The Hall–Kier alpha value is -3.13. The first kappa shape index (κ1) is 23.0. The van der Waals surface area contributed by atoms with Crippen molar-refractivity contribution in [1.29, 1.82) is 0 Å². The minimum atomic E-state index is 0.184. The fourth-order valence-corrected chi connectivity index (χ4v) is 4.63. The standard InChI is InChI=1S/C25H34N6O2/c1-19(2)24(30-16-14-29(15-17-30)21-8-6-5-7-9-21)25-26-27-28-31(25)13-12-20-10-11-22(32-3)23(18-20)33-4/h5-11,18-19,24H,12-17H2,1-4H3/t24-/m1/s1. The molecule has 1 aliphatic heterocycles. The van der Waals surface area contributed by atoms with Gasteiger partial charge in [0, 0.05) is 38.4 Å². The normalized spacial score (nSPS) is 15.6. The Morgan fingerprint density at radius 2 is 1.64 bits per heavy atom. The summed E-state index contributed by atoms with van der Waals surface area (Å²) < 4.78 is 12.8. The highest BCUT2D eigenvalue weighted by Gasteiger charge is 2.31. The van der Waals surface area contributed by atoms with Crippen LogP contribution in [0.25, 0.3) is 0 Å². The number of tetrazole rings is 1. The summed E-state index contributed by atoms with van der Waals surface area (Å²) in [5.74, 6) is 2.82. The Balaban J connectivity index is 1.44. The SMILES string of the molecule is COc1ccc(CCn2nnnc2[C@@H](C(C)C)N2CCN(c3ccccc3)CC2)cc1OC. The van der Waals surface area contributed by atoms with Gasteiger partial charge in [-0.2, -0.15) is 0 Å². The molecule has 1 atom stereocenters. The van der Waals surface area contributed by atoms with Gasteiger partial charge >= 0.3 is 0 Å². The molecule has 8 heteroatoms. The Labute approximate surface area is 196 Å². The molecule has 1 aliphatic rings. The number of anilines is 1. The molecule has 0 unspecified atom stereocenters. The minimum absolute atomic E-state index is 0.184. The smallest absolute Gasteiger partial charge is 0.168 e. The van der Waals surface area contributed by atoms with Crippen LogP contribution in [0.1, 0.15) is 31.3 Å². The minimum Gasteiger partial charge on any atom is -0.493 e. The molecule has 1 fully saturated rings. The third-order valence-electron chi connectivity index (χ3n) is 6.34. The van der Waals surface area contributed by atoms with Crippen LogP contribution in [-0.4, -0.2) is 65.5 Å². The second-order valence-corrected chi connectivity index (χ2v) is 8.75. The Morgan fingerprint density at radius 3 is 2.30 bits per heavy atom. The lowest BCUT2D eigenvalue weighted by Crippen LogP contribution is -2.49. The van der Waals surface area contributed by atoms with Crippen LogP contribution < -0.4 is 14.4 Å². The number of para-hydroxylation sites is 1. The highest BCUT2D eigenvalue weighted by atomic mass is 16.5. The predicted molar refractivity (Wildman–Crippen MR) is 129 cm³/mol. The molecular formula is C25H34N6O2. The number of aromatic nitrogens is 4. The van der Waals surface area contributed by atoms with E-state index in [9.17, 15) is 0 Å². The quantitative estimate of drug-likeness (QED) is 0.495. The molecule has 1 saturated heterocycles. The second-order valence-electron chi connectivity index (χ2n) is 8.75. The van der Waals surface area contributed by atoms with Crippen LogP contribution in [0.4, 0.5) is 5.69 Å². The molecule has 0 N–H and O–H groups in total. The van der Waals surface area contributed by atoms with Crippen molar-refractivity contribution in [2.24, 2.45) is 5.92 Å². The lowest BCUT2D eigenvalue weighted by atomic mass is 10.0. The van der Waals surface area contributed by atoms with Crippen molar-refractivity contribution in [3.63, 3.8) is 0 Å². The molecule has 176 valence electrons. The van der Waals surface area contributed by atoms with E-state index in [4.69, 9.17) is 9.47 Å². The largest absolute Gasteiger partial charge is 0.493 e. The summed E-state index contributed by atoms with van der Waals surface area (Å²) in [5, 5.41) is 12.8. The number of hydrogen-bond acceptors (Lipinski definition) is 7. The number of nitrogens with zero attached hydrogens (tertiary/aromatic N) is 6. The van der Waals surface area contributed by atoms with Gasteiger partial charge in [-0.3, -0.25) is 4.90 Å². The third kappa shape index (κ3) is 5.27. The summed E-state index contributed by atoms with van der Waals surface area (Å²) in [7, 11) is 3.31. The predicted octanol–water partition coefficient (Wildman–Crippen LogP) is 3.45. The molecule has 0 bridgehead atoms. The van der Waals surface area contributed by atoms with Gasteiger partial charge < -0.3 is 14.4 Å². The average Bonchev–Trinajstić information content (AvgIpc) is 3.31. The number of piperazine rings is 1. The first-order chi connectivity index (χ1) is 16.1. The van der Waals surface area contributed by atoms with Crippen molar-refractivity contribution in [1.82, 2.24) is 25.1 Å². The second kappa shape index (κ2) is 10.7. The van der Waals surface area contributed by atoms with E-state index in [1.807, 2.05) is 16.8 Å². The maximum Gasteiger partial charge on any atom is 0.168 e. The van der Waals surface area contributed by atoms with E-state index in [1.54, 1.807) is 14.2 Å². The molecule has 33 heavy (non-hydrogen) atoms. The highest BCUT2D eigenvalue weighted by molar-refractivity contribution is 5.46. The van der Waals surface area contributed by atoms with E-state index in [2.05, 4.69) is 75.6 Å². The van der Waals surface area contributed by atoms with E-state index in [0.717, 1.165) is 55.5 Å². The molecule has 4 rings (SSSR count). The lowest BCUT2D eigenvalue weighted by molar-refractivity contribution is 0.134. The zero-order valence-corrected chi connectivity index (χ0v) is 20.0. The number of methoxy groups -OCH3 is 2.